The fraction of sp³-hybridized carbons (Fsp3) is 0.125. The summed E-state index contributed by atoms with van der Waals surface area (Å²) in [5, 5.41) is 1.59. The van der Waals surface area contributed by atoms with Crippen LogP contribution in [-0.2, 0) is 10.1 Å². The highest BCUT2D eigenvalue weighted by Crippen LogP contribution is 2.31. The Bertz CT molecular complexity index is 481. The van der Waals surface area contributed by atoms with Crippen LogP contribution in [-0.4, -0.2) is 19.3 Å². The van der Waals surface area contributed by atoms with Gasteiger partial charge < -0.3 is 5.32 Å². The smallest absolute Gasteiger partial charge is 0.292 e. The molecule has 1 aliphatic rings. The first-order valence-electron chi connectivity index (χ1n) is 3.92. The van der Waals surface area contributed by atoms with E-state index >= 15 is 0 Å². The molecule has 0 aromatic heterocycles. The third-order valence-corrected chi connectivity index (χ3v) is 2.88. The molecule has 0 amide bonds. The number of nitrogens with zero attached hydrogens (tertiary/aromatic N) is 1. The van der Waals surface area contributed by atoms with Gasteiger partial charge in [-0.15, -0.1) is 0 Å². The lowest BCUT2D eigenvalue weighted by Crippen LogP contribution is -2.17. The van der Waals surface area contributed by atoms with Gasteiger partial charge in [-0.05, 0) is 6.07 Å². The van der Waals surface area contributed by atoms with Gasteiger partial charge in [0.25, 0.3) is 10.1 Å². The van der Waals surface area contributed by atoms with Crippen LogP contribution < -0.4 is 5.32 Å². The molecule has 1 heterocycles. The lowest BCUT2D eigenvalue weighted by Gasteiger charge is -2.18. The quantitative estimate of drug-likeness (QED) is 0.681. The maximum Gasteiger partial charge on any atom is 0.292 e. The molecule has 74 valence electrons. The van der Waals surface area contributed by atoms with Gasteiger partial charge in [0.2, 0.25) is 5.37 Å². The minimum absolute atomic E-state index is 0.456. The van der Waals surface area contributed by atoms with E-state index in [-0.39, 0.29) is 0 Å². The van der Waals surface area contributed by atoms with E-state index in [1.54, 1.807) is 24.3 Å². The van der Waals surface area contributed by atoms with Crippen molar-refractivity contribution in [2.75, 3.05) is 5.32 Å². The van der Waals surface area contributed by atoms with Gasteiger partial charge in [0.05, 0.1) is 6.34 Å². The molecule has 1 atom stereocenters. The van der Waals surface area contributed by atoms with E-state index in [0.717, 1.165) is 0 Å². The number of aliphatic imine (C=N–C) groups is 1. The molecule has 0 fully saturated rings. The fourth-order valence-electron chi connectivity index (χ4n) is 1.34. The zero-order valence-corrected chi connectivity index (χ0v) is 7.90. The van der Waals surface area contributed by atoms with Crippen LogP contribution >= 0.6 is 0 Å². The second-order valence-corrected chi connectivity index (χ2v) is 4.35. The van der Waals surface area contributed by atoms with Crippen molar-refractivity contribution >= 4 is 22.1 Å². The third-order valence-electron chi connectivity index (χ3n) is 1.94. The van der Waals surface area contributed by atoms with E-state index in [2.05, 4.69) is 10.3 Å². The van der Waals surface area contributed by atoms with Crippen molar-refractivity contribution in [3.8, 4) is 0 Å². The van der Waals surface area contributed by atoms with Crippen LogP contribution in [0.2, 0.25) is 0 Å². The first kappa shape index (κ1) is 9.17. The maximum atomic E-state index is 11.0. The predicted octanol–water partition coefficient (Wildman–Crippen LogP) is 1.03. The Labute approximate surface area is 81.2 Å². The largest absolute Gasteiger partial charge is 0.346 e. The van der Waals surface area contributed by atoms with Gasteiger partial charge in [0.15, 0.2) is 0 Å². The van der Waals surface area contributed by atoms with E-state index in [4.69, 9.17) is 4.55 Å². The van der Waals surface area contributed by atoms with E-state index in [1.165, 1.54) is 6.34 Å². The molecule has 0 bridgehead atoms. The zero-order chi connectivity index (χ0) is 10.2. The molecule has 0 saturated heterocycles. The van der Waals surface area contributed by atoms with Gasteiger partial charge in [0, 0.05) is 11.3 Å². The molecule has 6 heteroatoms. The molecule has 0 spiro atoms. The van der Waals surface area contributed by atoms with E-state index < -0.39 is 15.5 Å². The van der Waals surface area contributed by atoms with Crippen LogP contribution in [0.4, 0.5) is 5.69 Å². The van der Waals surface area contributed by atoms with Crippen molar-refractivity contribution < 1.29 is 13.0 Å². The molecule has 1 aromatic rings. The molecule has 1 aliphatic heterocycles. The second-order valence-electron chi connectivity index (χ2n) is 2.88. The molecule has 0 radical (unpaired) electrons. The zero-order valence-electron chi connectivity index (χ0n) is 7.08. The number of hydrogen-bond acceptors (Lipinski definition) is 4. The van der Waals surface area contributed by atoms with Gasteiger partial charge in [0.1, 0.15) is 0 Å². The molecular weight excluding hydrogens is 204 g/mol. The predicted molar refractivity (Wildman–Crippen MR) is 52.8 cm³/mol. The first-order chi connectivity index (χ1) is 6.59. The molecule has 5 nitrogen and oxygen atoms in total. The van der Waals surface area contributed by atoms with E-state index in [0.29, 0.717) is 11.3 Å². The van der Waals surface area contributed by atoms with Gasteiger partial charge in [-0.3, -0.25) is 4.55 Å². The lowest BCUT2D eigenvalue weighted by atomic mass is 10.1. The Morgan fingerprint density at radius 1 is 1.36 bits per heavy atom. The number of anilines is 1. The summed E-state index contributed by atoms with van der Waals surface area (Å²) in [5.74, 6) is 0. The number of hydrogen-bond donors (Lipinski definition) is 2. The summed E-state index contributed by atoms with van der Waals surface area (Å²) >= 11 is 0. The Morgan fingerprint density at radius 2 is 2.07 bits per heavy atom. The normalized spacial score (nSPS) is 19.9. The van der Waals surface area contributed by atoms with Crippen molar-refractivity contribution in [2.45, 2.75) is 5.37 Å². The van der Waals surface area contributed by atoms with Crippen molar-refractivity contribution in [1.82, 2.24) is 0 Å². The van der Waals surface area contributed by atoms with Crippen LogP contribution in [0.1, 0.15) is 10.9 Å². The highest BCUT2D eigenvalue weighted by molar-refractivity contribution is 7.86. The van der Waals surface area contributed by atoms with Crippen LogP contribution in [0, 0.1) is 0 Å². The molecule has 1 unspecified atom stereocenters. The van der Waals surface area contributed by atoms with Gasteiger partial charge in [-0.2, -0.15) is 8.42 Å². The van der Waals surface area contributed by atoms with Crippen molar-refractivity contribution in [3.63, 3.8) is 0 Å². The third kappa shape index (κ3) is 1.49. The summed E-state index contributed by atoms with van der Waals surface area (Å²) < 4.78 is 30.8. The summed E-state index contributed by atoms with van der Waals surface area (Å²) in [6.45, 7) is 0. The summed E-state index contributed by atoms with van der Waals surface area (Å²) in [6.07, 6.45) is 1.26. The Kier molecular flexibility index (Phi) is 2.01. The number of fused-ring (bicyclic) bond motifs is 1. The SMILES string of the molecule is O=S(=O)(O)C1N=CNc2ccccc21. The van der Waals surface area contributed by atoms with Crippen molar-refractivity contribution in [3.05, 3.63) is 29.8 Å². The van der Waals surface area contributed by atoms with Crippen LogP contribution in [0.5, 0.6) is 0 Å². The number of para-hydroxylation sites is 1. The number of rotatable bonds is 1. The number of nitrogens with one attached hydrogen (secondary N) is 1. The molecule has 2 N–H and O–H groups in total. The summed E-state index contributed by atoms with van der Waals surface area (Å²) in [6, 6.07) is 6.79. The molecule has 0 aliphatic carbocycles. The van der Waals surface area contributed by atoms with E-state index in [1.807, 2.05) is 0 Å². The molecule has 14 heavy (non-hydrogen) atoms. The molecule has 0 saturated carbocycles. The van der Waals surface area contributed by atoms with Gasteiger partial charge in [-0.25, -0.2) is 4.99 Å². The topological polar surface area (TPSA) is 78.8 Å². The van der Waals surface area contributed by atoms with Crippen molar-refractivity contribution in [2.24, 2.45) is 4.99 Å². The maximum absolute atomic E-state index is 11.0. The van der Waals surface area contributed by atoms with Gasteiger partial charge in [-0.1, -0.05) is 18.2 Å². The Morgan fingerprint density at radius 3 is 2.79 bits per heavy atom. The highest BCUT2D eigenvalue weighted by atomic mass is 32.2. The minimum Gasteiger partial charge on any atom is -0.346 e. The highest BCUT2D eigenvalue weighted by Gasteiger charge is 2.27. The lowest BCUT2D eigenvalue weighted by molar-refractivity contribution is 0.470. The Hall–Kier alpha value is -1.40. The summed E-state index contributed by atoms with van der Waals surface area (Å²) in [4.78, 5) is 3.67. The average molecular weight is 212 g/mol. The van der Waals surface area contributed by atoms with E-state index in [9.17, 15) is 8.42 Å². The molecule has 1 aromatic carbocycles. The molecule has 2 rings (SSSR count). The standard InChI is InChI=1S/C8H8N2O3S/c11-14(12,13)8-6-3-1-2-4-7(6)9-5-10-8/h1-5,8H,(H,9,10)(H,11,12,13). The van der Waals surface area contributed by atoms with Crippen LogP contribution in [0.3, 0.4) is 0 Å². The fourth-order valence-corrected chi connectivity index (χ4v) is 2.08. The minimum atomic E-state index is -4.18. The Balaban J connectivity index is 2.57. The van der Waals surface area contributed by atoms with Crippen molar-refractivity contribution in [1.29, 1.82) is 0 Å². The second kappa shape index (κ2) is 3.07. The van der Waals surface area contributed by atoms with Crippen LogP contribution in [0.25, 0.3) is 0 Å². The summed E-state index contributed by atoms with van der Waals surface area (Å²) in [5.41, 5.74) is 1.10. The van der Waals surface area contributed by atoms with Gasteiger partial charge >= 0.3 is 0 Å². The van der Waals surface area contributed by atoms with Crippen LogP contribution in [0.15, 0.2) is 29.3 Å². The number of benzene rings is 1. The summed E-state index contributed by atoms with van der Waals surface area (Å²) in [7, 11) is -4.18. The molecular formula is C8H8N2O3S. The first-order valence-corrected chi connectivity index (χ1v) is 5.43. The monoisotopic (exact) mass is 212 g/mol. The average Bonchev–Trinajstić information content (AvgIpc) is 2.15.